The van der Waals surface area contributed by atoms with E-state index < -0.39 is 0 Å². The van der Waals surface area contributed by atoms with E-state index in [1.807, 2.05) is 6.92 Å². The molecule has 7 nitrogen and oxygen atoms in total. The maximum atomic E-state index is 12.5. The van der Waals surface area contributed by atoms with Gasteiger partial charge in [-0.3, -0.25) is 4.79 Å². The van der Waals surface area contributed by atoms with Crippen LogP contribution in [0.2, 0.25) is 0 Å². The Kier molecular flexibility index (Phi) is 4.90. The second-order valence-corrected chi connectivity index (χ2v) is 6.92. The molecular formula is C14H22N4O3S. The molecule has 2 fully saturated rings. The number of carbonyl (C=O) groups is 1. The van der Waals surface area contributed by atoms with Gasteiger partial charge in [0.2, 0.25) is 11.0 Å². The van der Waals surface area contributed by atoms with Crippen LogP contribution in [-0.4, -0.2) is 62.2 Å². The van der Waals surface area contributed by atoms with E-state index in [9.17, 15) is 4.79 Å². The van der Waals surface area contributed by atoms with Gasteiger partial charge in [0.1, 0.15) is 5.01 Å². The van der Waals surface area contributed by atoms with Gasteiger partial charge in [-0.25, -0.2) is 0 Å². The molecule has 3 heterocycles. The third kappa shape index (κ3) is 3.23. The number of ether oxygens (including phenoxy) is 2. The standard InChI is InChI=1S/C14H22N4O3S/c1-9-16-17-14(22-9)18-7-11(13(19)15-4-6-20-2)10-3-5-21-12(10)8-18/h10-12H,3-8H2,1-2H3,(H,15,19)/t10-,11+,12+/m0/s1. The lowest BCUT2D eigenvalue weighted by Gasteiger charge is -2.38. The van der Waals surface area contributed by atoms with Crippen LogP contribution in [0.4, 0.5) is 5.13 Å². The zero-order chi connectivity index (χ0) is 15.5. The van der Waals surface area contributed by atoms with E-state index in [-0.39, 0.29) is 17.9 Å². The topological polar surface area (TPSA) is 76.6 Å². The van der Waals surface area contributed by atoms with Crippen molar-refractivity contribution in [1.29, 1.82) is 0 Å². The highest BCUT2D eigenvalue weighted by atomic mass is 32.1. The zero-order valence-electron chi connectivity index (χ0n) is 12.9. The van der Waals surface area contributed by atoms with Gasteiger partial charge >= 0.3 is 0 Å². The minimum atomic E-state index is -0.0673. The molecule has 2 aliphatic heterocycles. The van der Waals surface area contributed by atoms with Gasteiger partial charge in [-0.1, -0.05) is 11.3 Å². The number of piperidine rings is 1. The molecule has 0 radical (unpaired) electrons. The van der Waals surface area contributed by atoms with E-state index in [1.54, 1.807) is 18.4 Å². The number of nitrogens with one attached hydrogen (secondary N) is 1. The Labute approximate surface area is 134 Å². The van der Waals surface area contributed by atoms with Gasteiger partial charge in [-0.15, -0.1) is 10.2 Å². The first-order valence-electron chi connectivity index (χ1n) is 7.62. The zero-order valence-corrected chi connectivity index (χ0v) is 13.8. The molecule has 3 rings (SSSR count). The molecule has 22 heavy (non-hydrogen) atoms. The van der Waals surface area contributed by atoms with Gasteiger partial charge in [-0.2, -0.15) is 0 Å². The first-order valence-corrected chi connectivity index (χ1v) is 8.44. The van der Waals surface area contributed by atoms with E-state index in [2.05, 4.69) is 20.4 Å². The van der Waals surface area contributed by atoms with E-state index in [0.29, 0.717) is 25.6 Å². The quantitative estimate of drug-likeness (QED) is 0.792. The Morgan fingerprint density at radius 1 is 1.50 bits per heavy atom. The highest BCUT2D eigenvalue weighted by Gasteiger charge is 2.44. The van der Waals surface area contributed by atoms with Gasteiger partial charge in [0, 0.05) is 39.3 Å². The number of aromatic nitrogens is 2. The van der Waals surface area contributed by atoms with Crippen LogP contribution in [0.3, 0.4) is 0 Å². The SMILES string of the molecule is COCCNC(=O)[C@@H]1CN(c2nnc(C)s2)C[C@H]2OCC[C@H]21. The first-order chi connectivity index (χ1) is 10.7. The summed E-state index contributed by atoms with van der Waals surface area (Å²) in [5.74, 6) is 0.318. The van der Waals surface area contributed by atoms with Crippen molar-refractivity contribution in [3.63, 3.8) is 0 Å². The lowest BCUT2D eigenvalue weighted by atomic mass is 9.82. The smallest absolute Gasteiger partial charge is 0.225 e. The summed E-state index contributed by atoms with van der Waals surface area (Å²) in [6.45, 7) is 5.22. The Balaban J connectivity index is 1.70. The van der Waals surface area contributed by atoms with Gasteiger partial charge in [0.15, 0.2) is 0 Å². The Morgan fingerprint density at radius 3 is 3.09 bits per heavy atom. The largest absolute Gasteiger partial charge is 0.383 e. The summed E-state index contributed by atoms with van der Waals surface area (Å²) in [4.78, 5) is 14.7. The summed E-state index contributed by atoms with van der Waals surface area (Å²) in [7, 11) is 1.63. The lowest BCUT2D eigenvalue weighted by molar-refractivity contribution is -0.128. The fourth-order valence-electron chi connectivity index (χ4n) is 3.23. The molecule has 3 atom stereocenters. The number of anilines is 1. The second kappa shape index (κ2) is 6.89. The van der Waals surface area contributed by atoms with Crippen LogP contribution >= 0.6 is 11.3 Å². The average molecular weight is 326 g/mol. The van der Waals surface area contributed by atoms with Crippen molar-refractivity contribution < 1.29 is 14.3 Å². The van der Waals surface area contributed by atoms with Crippen LogP contribution < -0.4 is 10.2 Å². The number of hydrogen-bond acceptors (Lipinski definition) is 7. The number of hydrogen-bond donors (Lipinski definition) is 1. The maximum absolute atomic E-state index is 12.5. The van der Waals surface area contributed by atoms with Crippen molar-refractivity contribution in [1.82, 2.24) is 15.5 Å². The maximum Gasteiger partial charge on any atom is 0.225 e. The molecule has 122 valence electrons. The Hall–Kier alpha value is -1.25. The first kappa shape index (κ1) is 15.6. The van der Waals surface area contributed by atoms with Crippen LogP contribution in [0.5, 0.6) is 0 Å². The minimum Gasteiger partial charge on any atom is -0.383 e. The number of methoxy groups -OCH3 is 1. The van der Waals surface area contributed by atoms with Gasteiger partial charge in [0.25, 0.3) is 0 Å². The van der Waals surface area contributed by atoms with E-state index in [0.717, 1.165) is 29.7 Å². The molecule has 0 unspecified atom stereocenters. The summed E-state index contributed by atoms with van der Waals surface area (Å²) >= 11 is 1.56. The molecule has 2 aliphatic rings. The van der Waals surface area contributed by atoms with Crippen molar-refractivity contribution in [3.8, 4) is 0 Å². The van der Waals surface area contributed by atoms with Crippen LogP contribution in [0, 0.1) is 18.8 Å². The summed E-state index contributed by atoms with van der Waals surface area (Å²) in [6.07, 6.45) is 1.06. The molecular weight excluding hydrogens is 304 g/mol. The van der Waals surface area contributed by atoms with Crippen LogP contribution in [-0.2, 0) is 14.3 Å². The highest BCUT2D eigenvalue weighted by molar-refractivity contribution is 7.15. The molecule has 1 N–H and O–H groups in total. The molecule has 0 aromatic carbocycles. The van der Waals surface area contributed by atoms with Crippen molar-refractivity contribution in [2.75, 3.05) is 44.9 Å². The van der Waals surface area contributed by atoms with Gasteiger partial charge in [0.05, 0.1) is 18.6 Å². The van der Waals surface area contributed by atoms with Crippen LogP contribution in [0.25, 0.3) is 0 Å². The number of nitrogens with zero attached hydrogens (tertiary/aromatic N) is 3. The van der Waals surface area contributed by atoms with E-state index in [4.69, 9.17) is 9.47 Å². The monoisotopic (exact) mass is 326 g/mol. The van der Waals surface area contributed by atoms with Gasteiger partial charge < -0.3 is 19.7 Å². The molecule has 0 aliphatic carbocycles. The minimum absolute atomic E-state index is 0.0673. The summed E-state index contributed by atoms with van der Waals surface area (Å²) < 4.78 is 10.8. The van der Waals surface area contributed by atoms with Gasteiger partial charge in [-0.05, 0) is 13.3 Å². The van der Waals surface area contributed by atoms with E-state index >= 15 is 0 Å². The lowest BCUT2D eigenvalue weighted by Crippen LogP contribution is -2.53. The average Bonchev–Trinajstić information content (AvgIpc) is 3.14. The molecule has 1 aromatic rings. The molecule has 0 spiro atoms. The second-order valence-electron chi connectivity index (χ2n) is 5.76. The fraction of sp³-hybridized carbons (Fsp3) is 0.786. The highest BCUT2D eigenvalue weighted by Crippen LogP contribution is 2.36. The predicted molar refractivity (Wildman–Crippen MR) is 83.1 cm³/mol. The fourth-order valence-corrected chi connectivity index (χ4v) is 3.94. The summed E-state index contributed by atoms with van der Waals surface area (Å²) in [5, 5.41) is 13.1. The van der Waals surface area contributed by atoms with Crippen molar-refractivity contribution in [3.05, 3.63) is 5.01 Å². The molecule has 8 heteroatoms. The van der Waals surface area contributed by atoms with Crippen LogP contribution in [0.15, 0.2) is 0 Å². The number of carbonyl (C=O) groups excluding carboxylic acids is 1. The summed E-state index contributed by atoms with van der Waals surface area (Å²) in [6, 6.07) is 0. The third-order valence-corrected chi connectivity index (χ3v) is 5.22. The molecule has 0 saturated carbocycles. The van der Waals surface area contributed by atoms with E-state index in [1.165, 1.54) is 0 Å². The predicted octanol–water partition coefficient (Wildman–Crippen LogP) is 0.450. The summed E-state index contributed by atoms with van der Waals surface area (Å²) in [5.41, 5.74) is 0. The molecule has 2 saturated heterocycles. The normalized spacial score (nSPS) is 27.7. The number of aryl methyl sites for hydroxylation is 1. The van der Waals surface area contributed by atoms with Crippen molar-refractivity contribution in [2.45, 2.75) is 19.4 Å². The molecule has 1 amide bonds. The Morgan fingerprint density at radius 2 is 2.36 bits per heavy atom. The van der Waals surface area contributed by atoms with Crippen molar-refractivity contribution >= 4 is 22.4 Å². The number of amides is 1. The van der Waals surface area contributed by atoms with Crippen LogP contribution in [0.1, 0.15) is 11.4 Å². The number of rotatable bonds is 5. The van der Waals surface area contributed by atoms with Crippen molar-refractivity contribution in [2.24, 2.45) is 11.8 Å². The molecule has 0 bridgehead atoms. The Bertz CT molecular complexity index is 524. The molecule has 1 aromatic heterocycles. The number of fused-ring (bicyclic) bond motifs is 1. The third-order valence-electron chi connectivity index (χ3n) is 4.32.